The Balaban J connectivity index is 1.67. The first-order chi connectivity index (χ1) is 13.5. The molecule has 0 spiro atoms. The van der Waals surface area contributed by atoms with E-state index in [1.54, 1.807) is 39.2 Å². The second-order valence-electron chi connectivity index (χ2n) is 6.49. The van der Waals surface area contributed by atoms with Gasteiger partial charge in [-0.15, -0.1) is 0 Å². The van der Waals surface area contributed by atoms with E-state index in [1.165, 1.54) is 0 Å². The number of fused-ring (bicyclic) bond motifs is 1. The summed E-state index contributed by atoms with van der Waals surface area (Å²) in [6.45, 7) is 3.34. The van der Waals surface area contributed by atoms with E-state index < -0.39 is 5.60 Å². The van der Waals surface area contributed by atoms with Crippen LogP contribution < -0.4 is 5.32 Å². The molecule has 0 aliphatic rings. The number of rotatable bonds is 3. The van der Waals surface area contributed by atoms with Gasteiger partial charge in [0.05, 0.1) is 5.52 Å². The smallest absolute Gasteiger partial charge is 0.182 e. The number of aryl methyl sites for hydroxylation is 1. The molecule has 0 bridgehead atoms. The van der Waals surface area contributed by atoms with Gasteiger partial charge in [0.2, 0.25) is 0 Å². The summed E-state index contributed by atoms with van der Waals surface area (Å²) in [5.41, 5.74) is 1.17. The fourth-order valence-electron chi connectivity index (χ4n) is 2.73. The fraction of sp³-hybridized carbons (Fsp3) is 0.200. The summed E-state index contributed by atoms with van der Waals surface area (Å²) in [5, 5.41) is 25.6. The molecule has 4 rings (SSSR count). The molecule has 0 aliphatic heterocycles. The lowest BCUT2D eigenvalue weighted by Crippen LogP contribution is -2.18. The lowest BCUT2D eigenvalue weighted by Gasteiger charge is -2.11. The number of aromatic nitrogens is 5. The zero-order valence-corrected chi connectivity index (χ0v) is 15.6. The van der Waals surface area contributed by atoms with E-state index in [9.17, 15) is 5.11 Å². The van der Waals surface area contributed by atoms with Gasteiger partial charge < -0.3 is 14.9 Å². The third-order valence-corrected chi connectivity index (χ3v) is 4.26. The van der Waals surface area contributed by atoms with Gasteiger partial charge in [-0.2, -0.15) is 5.10 Å². The zero-order valence-electron chi connectivity index (χ0n) is 15.6. The Morgan fingerprint density at radius 3 is 2.86 bits per heavy atom. The van der Waals surface area contributed by atoms with Crippen LogP contribution in [0.15, 0.2) is 41.1 Å². The van der Waals surface area contributed by atoms with Crippen molar-refractivity contribution >= 4 is 16.7 Å². The number of H-pyrrole nitrogens is 1. The average molecular weight is 374 g/mol. The highest BCUT2D eigenvalue weighted by Gasteiger charge is 2.24. The number of nitrogens with zero attached hydrogens (tertiary/aromatic N) is 4. The van der Waals surface area contributed by atoms with Crippen LogP contribution in [0.25, 0.3) is 22.4 Å². The van der Waals surface area contributed by atoms with Gasteiger partial charge in [-0.1, -0.05) is 17.0 Å². The quantitative estimate of drug-likeness (QED) is 0.473. The molecule has 3 N–H and O–H groups in total. The number of aliphatic hydroxyl groups is 1. The molecule has 3 heterocycles. The summed E-state index contributed by atoms with van der Waals surface area (Å²) >= 11 is 0. The minimum atomic E-state index is -1.41. The number of benzene rings is 1. The lowest BCUT2D eigenvalue weighted by atomic mass is 10.0. The van der Waals surface area contributed by atoms with Crippen LogP contribution in [0.1, 0.15) is 23.9 Å². The van der Waals surface area contributed by atoms with Crippen LogP contribution in [0.5, 0.6) is 0 Å². The van der Waals surface area contributed by atoms with E-state index in [0.717, 1.165) is 16.5 Å². The van der Waals surface area contributed by atoms with Crippen LogP contribution in [0.2, 0.25) is 0 Å². The number of hydrogen-bond acceptors (Lipinski definition) is 7. The van der Waals surface area contributed by atoms with E-state index in [0.29, 0.717) is 28.8 Å². The molecule has 0 saturated heterocycles. The minimum Gasteiger partial charge on any atom is -0.373 e. The summed E-state index contributed by atoms with van der Waals surface area (Å²) in [6.07, 6.45) is 1.68. The predicted molar refractivity (Wildman–Crippen MR) is 104 cm³/mol. The fourth-order valence-corrected chi connectivity index (χ4v) is 2.73. The summed E-state index contributed by atoms with van der Waals surface area (Å²) < 4.78 is 5.01. The van der Waals surface area contributed by atoms with Crippen LogP contribution in [-0.2, 0) is 5.60 Å². The van der Waals surface area contributed by atoms with E-state index in [2.05, 4.69) is 42.5 Å². The molecule has 1 unspecified atom stereocenters. The SMILES string of the molecule is CNc1ccnc(-c2n[nH]c3cc(C#CC(C)(O)c4cc(C)on4)ccc23)n1. The summed E-state index contributed by atoms with van der Waals surface area (Å²) in [7, 11) is 1.80. The third kappa shape index (κ3) is 3.31. The Bertz CT molecular complexity index is 1210. The molecule has 8 nitrogen and oxygen atoms in total. The van der Waals surface area contributed by atoms with Crippen molar-refractivity contribution in [1.29, 1.82) is 0 Å². The van der Waals surface area contributed by atoms with Crippen molar-refractivity contribution in [2.75, 3.05) is 12.4 Å². The van der Waals surface area contributed by atoms with Crippen LogP contribution in [0.4, 0.5) is 5.82 Å². The topological polar surface area (TPSA) is 113 Å². The lowest BCUT2D eigenvalue weighted by molar-refractivity contribution is 0.112. The van der Waals surface area contributed by atoms with Gasteiger partial charge in [0.25, 0.3) is 0 Å². The van der Waals surface area contributed by atoms with Crippen molar-refractivity contribution in [2.45, 2.75) is 19.4 Å². The molecule has 0 amide bonds. The highest BCUT2D eigenvalue weighted by atomic mass is 16.5. The molecular weight excluding hydrogens is 356 g/mol. The number of hydrogen-bond donors (Lipinski definition) is 3. The maximum atomic E-state index is 10.5. The zero-order chi connectivity index (χ0) is 19.7. The monoisotopic (exact) mass is 374 g/mol. The van der Waals surface area contributed by atoms with Crippen molar-refractivity contribution in [3.05, 3.63) is 53.5 Å². The maximum absolute atomic E-state index is 10.5. The molecule has 4 aromatic rings. The molecule has 1 aromatic carbocycles. The Morgan fingerprint density at radius 1 is 1.25 bits per heavy atom. The van der Waals surface area contributed by atoms with Crippen LogP contribution in [-0.4, -0.2) is 37.5 Å². The first-order valence-corrected chi connectivity index (χ1v) is 8.65. The van der Waals surface area contributed by atoms with E-state index >= 15 is 0 Å². The van der Waals surface area contributed by atoms with Gasteiger partial charge in [0.15, 0.2) is 11.4 Å². The Morgan fingerprint density at radius 2 is 2.11 bits per heavy atom. The molecule has 1 atom stereocenters. The predicted octanol–water partition coefficient (Wildman–Crippen LogP) is 2.62. The summed E-state index contributed by atoms with van der Waals surface area (Å²) in [6, 6.07) is 9.08. The molecule has 3 aromatic heterocycles. The van der Waals surface area contributed by atoms with Crippen LogP contribution in [0, 0.1) is 18.8 Å². The second kappa shape index (κ2) is 6.79. The standard InChI is InChI=1S/C20H18N6O2/c1-12-10-16(26-28-12)20(2,27)8-6-13-4-5-14-15(11-13)24-25-18(14)19-22-9-7-17(21-3)23-19/h4-5,7,9-11,27H,1-3H3,(H,24,25)(H,21,22,23). The van der Waals surface area contributed by atoms with E-state index in [1.807, 2.05) is 18.2 Å². The van der Waals surface area contributed by atoms with Gasteiger partial charge in [-0.05, 0) is 38.1 Å². The second-order valence-corrected chi connectivity index (χ2v) is 6.49. The van der Waals surface area contributed by atoms with E-state index in [4.69, 9.17) is 4.52 Å². The minimum absolute atomic E-state index is 0.379. The first-order valence-electron chi connectivity index (χ1n) is 8.65. The molecule has 8 heteroatoms. The number of nitrogens with one attached hydrogen (secondary N) is 2. The Labute approximate surface area is 161 Å². The summed E-state index contributed by atoms with van der Waals surface area (Å²) in [5.74, 6) is 7.68. The molecule has 0 aliphatic carbocycles. The van der Waals surface area contributed by atoms with Gasteiger partial charge in [-0.3, -0.25) is 5.10 Å². The van der Waals surface area contributed by atoms with Gasteiger partial charge in [0, 0.05) is 30.3 Å². The number of aromatic amines is 1. The molecule has 140 valence electrons. The first kappa shape index (κ1) is 17.7. The highest BCUT2D eigenvalue weighted by molar-refractivity contribution is 5.92. The van der Waals surface area contributed by atoms with Crippen molar-refractivity contribution in [3.8, 4) is 23.4 Å². The van der Waals surface area contributed by atoms with Crippen molar-refractivity contribution in [1.82, 2.24) is 25.3 Å². The van der Waals surface area contributed by atoms with Crippen molar-refractivity contribution in [3.63, 3.8) is 0 Å². The van der Waals surface area contributed by atoms with Crippen molar-refractivity contribution in [2.24, 2.45) is 0 Å². The normalized spacial score (nSPS) is 13.0. The maximum Gasteiger partial charge on any atom is 0.182 e. The van der Waals surface area contributed by atoms with Gasteiger partial charge in [-0.25, -0.2) is 9.97 Å². The third-order valence-electron chi connectivity index (χ3n) is 4.26. The highest BCUT2D eigenvalue weighted by Crippen LogP contribution is 2.25. The van der Waals surface area contributed by atoms with Crippen molar-refractivity contribution < 1.29 is 9.63 Å². The number of anilines is 1. The van der Waals surface area contributed by atoms with Crippen LogP contribution >= 0.6 is 0 Å². The Kier molecular flexibility index (Phi) is 4.29. The molecular formula is C20H18N6O2. The average Bonchev–Trinajstić information content (AvgIpc) is 3.33. The van der Waals surface area contributed by atoms with Crippen LogP contribution in [0.3, 0.4) is 0 Å². The largest absolute Gasteiger partial charge is 0.373 e. The van der Waals surface area contributed by atoms with Gasteiger partial charge in [0.1, 0.15) is 23.0 Å². The molecule has 0 saturated carbocycles. The van der Waals surface area contributed by atoms with Gasteiger partial charge >= 0.3 is 0 Å². The molecule has 28 heavy (non-hydrogen) atoms. The van der Waals surface area contributed by atoms with E-state index in [-0.39, 0.29) is 0 Å². The molecule has 0 radical (unpaired) electrons. The summed E-state index contributed by atoms with van der Waals surface area (Å²) in [4.78, 5) is 8.72. The Hall–Kier alpha value is -3.70. The molecule has 0 fully saturated rings.